The molecule has 0 aromatic heterocycles. The third-order valence-electron chi connectivity index (χ3n) is 7.30. The topological polar surface area (TPSA) is 0 Å². The van der Waals surface area contributed by atoms with Gasteiger partial charge in [0.2, 0.25) is 0 Å². The van der Waals surface area contributed by atoms with Crippen LogP contribution in [0.4, 0.5) is 87.8 Å². The van der Waals surface area contributed by atoms with Crippen LogP contribution in [0.2, 0.25) is 0 Å². The van der Waals surface area contributed by atoms with Crippen LogP contribution in [0, 0.1) is 116 Å². The number of hydrogen-bond acceptors (Lipinski definition) is 0. The molecule has 0 aliphatic rings. The van der Waals surface area contributed by atoms with Crippen molar-refractivity contribution >= 4 is 39.8 Å². The fourth-order valence-corrected chi connectivity index (χ4v) is 6.66. The van der Waals surface area contributed by atoms with E-state index in [1.165, 1.54) is 0 Å². The van der Waals surface area contributed by atoms with Crippen LogP contribution in [0.3, 0.4) is 0 Å². The Labute approximate surface area is 282 Å². The standard InChI is InChI=1S/C24BF20.C6H14S/c26-5-1(6(27)14(35)21(42)13(5)34)25(2-7(28)15(36)22(43)16(37)8(2)29,3-9(30)17(38)23(44)18(39)10(3)31)4-11(32)19(40)24(45)20(41)12(4)33;1-5(2)7-6(3)4/h;5-6H,1-4H3/q-1;/p+1. The van der Waals surface area contributed by atoms with E-state index in [0.29, 0.717) is 0 Å². The van der Waals surface area contributed by atoms with Crippen molar-refractivity contribution < 1.29 is 87.8 Å². The van der Waals surface area contributed by atoms with Gasteiger partial charge in [-0.15, -0.1) is 21.9 Å². The van der Waals surface area contributed by atoms with E-state index in [1.54, 1.807) is 11.8 Å². The summed E-state index contributed by atoms with van der Waals surface area (Å²) in [6, 6.07) is 0. The lowest BCUT2D eigenvalue weighted by molar-refractivity contribution is 0.378. The monoisotopic (exact) mass is 798 g/mol. The third kappa shape index (κ3) is 6.44. The first kappa shape index (κ1) is 42.3. The van der Waals surface area contributed by atoms with Crippen molar-refractivity contribution in [3.05, 3.63) is 116 Å². The molecule has 284 valence electrons. The summed E-state index contributed by atoms with van der Waals surface area (Å²) < 4.78 is 294. The molecule has 0 N–H and O–H groups in total. The minimum Gasteiger partial charge on any atom is -0.207 e. The molecule has 0 heterocycles. The molecule has 0 amide bonds. The molecule has 0 bridgehead atoms. The van der Waals surface area contributed by atoms with E-state index in [-0.39, 0.29) is 0 Å². The highest BCUT2D eigenvalue weighted by Crippen LogP contribution is 2.30. The first-order valence-corrected chi connectivity index (χ1v) is 14.8. The summed E-state index contributed by atoms with van der Waals surface area (Å²) in [5.74, 6) is -71.4. The largest absolute Gasteiger partial charge is 0.207 e. The van der Waals surface area contributed by atoms with E-state index in [2.05, 4.69) is 27.7 Å². The molecule has 0 saturated heterocycles. The average Bonchev–Trinajstić information content (AvgIpc) is 3.07. The zero-order valence-corrected chi connectivity index (χ0v) is 26.6. The lowest BCUT2D eigenvalue weighted by Crippen LogP contribution is -2.81. The van der Waals surface area contributed by atoms with Gasteiger partial charge in [0.1, 0.15) is 63.2 Å². The van der Waals surface area contributed by atoms with E-state index in [0.717, 1.165) is 10.5 Å². The molecule has 4 aromatic carbocycles. The second kappa shape index (κ2) is 15.1. The minimum absolute atomic E-state index is 0.847. The Kier molecular flexibility index (Phi) is 12.3. The molecule has 0 aliphatic carbocycles. The first-order valence-electron chi connectivity index (χ1n) is 13.8. The summed E-state index contributed by atoms with van der Waals surface area (Å²) in [7, 11) is 0. The molecule has 52 heavy (non-hydrogen) atoms. The molecular weight excluding hydrogens is 783 g/mol. The summed E-state index contributed by atoms with van der Waals surface area (Å²) >= 11 is 1.58. The molecule has 22 heteroatoms. The minimum atomic E-state index is -7.22. The van der Waals surface area contributed by atoms with Crippen LogP contribution in [-0.2, 0) is 11.8 Å². The maximum atomic E-state index is 15.4. The molecule has 0 atom stereocenters. The summed E-state index contributed by atoms with van der Waals surface area (Å²) in [5.41, 5.74) is -14.3. The van der Waals surface area contributed by atoms with Gasteiger partial charge >= 0.3 is 0 Å². The van der Waals surface area contributed by atoms with Crippen molar-refractivity contribution in [3.8, 4) is 0 Å². The lowest BCUT2D eigenvalue weighted by Gasteiger charge is -2.44. The lowest BCUT2D eigenvalue weighted by atomic mass is 9.12. The Morgan fingerprint density at radius 2 is 0.365 bits per heavy atom. The van der Waals surface area contributed by atoms with Gasteiger partial charge in [-0.3, -0.25) is 0 Å². The fourth-order valence-electron chi connectivity index (χ4n) is 5.47. The van der Waals surface area contributed by atoms with E-state index in [1.807, 2.05) is 0 Å². The maximum Gasteiger partial charge on any atom is 0.200 e. The van der Waals surface area contributed by atoms with Crippen LogP contribution in [-0.4, -0.2) is 16.6 Å². The van der Waals surface area contributed by atoms with Gasteiger partial charge in [-0.2, -0.15) is 0 Å². The van der Waals surface area contributed by atoms with Crippen molar-refractivity contribution in [2.24, 2.45) is 0 Å². The maximum absolute atomic E-state index is 15.4. The molecule has 4 aromatic rings. The Morgan fingerprint density at radius 1 is 0.250 bits per heavy atom. The van der Waals surface area contributed by atoms with Crippen LogP contribution in [0.1, 0.15) is 27.7 Å². The zero-order chi connectivity index (χ0) is 40.2. The molecular formula is C30H15BF20S. The molecule has 0 fully saturated rings. The highest BCUT2D eigenvalue weighted by atomic mass is 32.2. The van der Waals surface area contributed by atoms with Crippen molar-refractivity contribution in [3.63, 3.8) is 0 Å². The van der Waals surface area contributed by atoms with Gasteiger partial charge in [0.25, 0.3) is 0 Å². The number of benzene rings is 4. The van der Waals surface area contributed by atoms with Gasteiger partial charge in [0.05, 0.1) is 0 Å². The fraction of sp³-hybridized carbons (Fsp3) is 0.200. The van der Waals surface area contributed by atoms with Gasteiger partial charge < -0.3 is 0 Å². The predicted molar refractivity (Wildman–Crippen MR) is 148 cm³/mol. The van der Waals surface area contributed by atoms with Crippen molar-refractivity contribution in [2.75, 3.05) is 0 Å². The zero-order valence-electron chi connectivity index (χ0n) is 25.7. The molecule has 0 unspecified atom stereocenters. The van der Waals surface area contributed by atoms with Crippen LogP contribution < -0.4 is 21.9 Å². The highest BCUT2D eigenvalue weighted by molar-refractivity contribution is 7.79. The Bertz CT molecular complexity index is 1690. The SMILES string of the molecule is CC(C)[SH+]C(C)C.Fc1c(F)c(F)c([B-](c2c(F)c(F)c(F)c(F)c2F)(c2c(F)c(F)c(F)c(F)c2F)c2c(F)c(F)c(F)c(F)c2F)c(F)c1F. The molecule has 0 saturated carbocycles. The molecule has 4 rings (SSSR count). The predicted octanol–water partition coefficient (Wildman–Crippen LogP) is 7.46. The normalized spacial score (nSPS) is 11.9. The van der Waals surface area contributed by atoms with Crippen LogP contribution in [0.15, 0.2) is 0 Å². The van der Waals surface area contributed by atoms with Gasteiger partial charge in [0.15, 0.2) is 69.8 Å². The Morgan fingerprint density at radius 3 is 0.462 bits per heavy atom. The van der Waals surface area contributed by atoms with E-state index in [9.17, 15) is 52.7 Å². The van der Waals surface area contributed by atoms with E-state index < -0.39 is 144 Å². The molecule has 0 aliphatic heterocycles. The average molecular weight is 798 g/mol. The third-order valence-corrected chi connectivity index (χ3v) is 8.50. The molecule has 0 spiro atoms. The Hall–Kier alpha value is -4.11. The smallest absolute Gasteiger partial charge is 0.200 e. The molecule has 0 nitrogen and oxygen atoms in total. The number of thiol groups is 1. The van der Waals surface area contributed by atoms with Crippen LogP contribution in [0.25, 0.3) is 0 Å². The second-order valence-corrected chi connectivity index (χ2v) is 13.5. The summed E-state index contributed by atoms with van der Waals surface area (Å²) in [6.45, 7) is 9.01. The summed E-state index contributed by atoms with van der Waals surface area (Å²) in [4.78, 5) is 0. The van der Waals surface area contributed by atoms with Gasteiger partial charge in [0, 0.05) is 0 Å². The number of halogens is 20. The van der Waals surface area contributed by atoms with E-state index >= 15 is 35.1 Å². The van der Waals surface area contributed by atoms with Crippen molar-refractivity contribution in [2.45, 2.75) is 38.2 Å². The van der Waals surface area contributed by atoms with Crippen LogP contribution >= 0.6 is 0 Å². The Balaban J connectivity index is 0.000000944. The van der Waals surface area contributed by atoms with Gasteiger partial charge in [-0.1, -0.05) is 0 Å². The number of rotatable bonds is 6. The first-order chi connectivity index (χ1) is 23.8. The number of hydrogen-bond donors (Lipinski definition) is 0. The van der Waals surface area contributed by atoms with Crippen LogP contribution in [0.5, 0.6) is 0 Å². The van der Waals surface area contributed by atoms with Crippen molar-refractivity contribution in [1.82, 2.24) is 0 Å². The van der Waals surface area contributed by atoms with Gasteiger partial charge in [-0.25, -0.2) is 87.8 Å². The van der Waals surface area contributed by atoms with Gasteiger partial charge in [-0.05, 0) is 39.5 Å². The molecule has 0 radical (unpaired) electrons. The highest BCUT2D eigenvalue weighted by Gasteiger charge is 2.52. The quantitative estimate of drug-likeness (QED) is 0.0475. The summed E-state index contributed by atoms with van der Waals surface area (Å²) in [6.07, 6.45) is -7.22. The summed E-state index contributed by atoms with van der Waals surface area (Å²) in [5, 5.41) is 1.69. The van der Waals surface area contributed by atoms with E-state index in [4.69, 9.17) is 0 Å². The second-order valence-electron chi connectivity index (χ2n) is 11.1. The van der Waals surface area contributed by atoms with Crippen molar-refractivity contribution in [1.29, 1.82) is 0 Å².